The molecule has 0 N–H and O–H groups in total. The van der Waals surface area contributed by atoms with Crippen LogP contribution in [0.1, 0.15) is 11.3 Å². The maximum Gasteiger partial charge on any atom is 0.320 e. The van der Waals surface area contributed by atoms with E-state index in [4.69, 9.17) is 14.7 Å². The molecule has 1 aromatic carbocycles. The zero-order chi connectivity index (χ0) is 21.2. The highest BCUT2D eigenvalue weighted by Gasteiger charge is 2.31. The molecule has 0 spiro atoms. The summed E-state index contributed by atoms with van der Waals surface area (Å²) in [6.07, 6.45) is 0.758. The van der Waals surface area contributed by atoms with Crippen molar-refractivity contribution in [1.82, 2.24) is 24.7 Å². The number of benzene rings is 1. The first kappa shape index (κ1) is 20.2. The third-order valence-electron chi connectivity index (χ3n) is 6.43. The molecule has 2 saturated heterocycles. The SMILES string of the molecule is CN1CCN(c2nc(-c3ccccc3)nc3c2CN(C(=O)N2CCOCC2)CC3)CC1. The fraction of sp³-hybridized carbons (Fsp3) is 0.522. The molecule has 0 saturated carbocycles. The molecule has 0 aliphatic carbocycles. The first-order valence-corrected chi connectivity index (χ1v) is 11.2. The fourth-order valence-electron chi connectivity index (χ4n) is 4.51. The molecule has 5 rings (SSSR count). The van der Waals surface area contributed by atoms with Crippen LogP contribution < -0.4 is 4.90 Å². The van der Waals surface area contributed by atoms with Crippen LogP contribution in [0.25, 0.3) is 11.4 Å². The second-order valence-electron chi connectivity index (χ2n) is 8.51. The molecule has 8 heteroatoms. The Labute approximate surface area is 183 Å². The van der Waals surface area contributed by atoms with Gasteiger partial charge in [-0.3, -0.25) is 0 Å². The van der Waals surface area contributed by atoms with Crippen LogP contribution in [0.2, 0.25) is 0 Å². The molecule has 0 radical (unpaired) electrons. The van der Waals surface area contributed by atoms with Crippen LogP contribution >= 0.6 is 0 Å². The Morgan fingerprint density at radius 1 is 0.903 bits per heavy atom. The molecule has 31 heavy (non-hydrogen) atoms. The maximum absolute atomic E-state index is 13.1. The van der Waals surface area contributed by atoms with E-state index in [0.29, 0.717) is 39.4 Å². The number of piperazine rings is 1. The van der Waals surface area contributed by atoms with Crippen molar-refractivity contribution in [1.29, 1.82) is 0 Å². The summed E-state index contributed by atoms with van der Waals surface area (Å²) in [6, 6.07) is 10.3. The highest BCUT2D eigenvalue weighted by molar-refractivity contribution is 5.75. The van der Waals surface area contributed by atoms with Gasteiger partial charge in [0.25, 0.3) is 0 Å². The first-order chi connectivity index (χ1) is 15.2. The van der Waals surface area contributed by atoms with E-state index in [0.717, 1.165) is 61.1 Å². The van der Waals surface area contributed by atoms with Crippen molar-refractivity contribution in [2.75, 3.05) is 71.0 Å². The summed E-state index contributed by atoms with van der Waals surface area (Å²) in [5.41, 5.74) is 3.22. The summed E-state index contributed by atoms with van der Waals surface area (Å²) < 4.78 is 5.41. The molecule has 0 unspecified atom stereocenters. The topological polar surface area (TPSA) is 65.0 Å². The molecule has 2 aromatic rings. The number of carbonyl (C=O) groups is 1. The molecule has 8 nitrogen and oxygen atoms in total. The molecule has 2 amide bonds. The Bertz CT molecular complexity index is 923. The third-order valence-corrected chi connectivity index (χ3v) is 6.43. The first-order valence-electron chi connectivity index (χ1n) is 11.2. The fourth-order valence-corrected chi connectivity index (χ4v) is 4.51. The molecular weight excluding hydrogens is 392 g/mol. The van der Waals surface area contributed by atoms with E-state index in [9.17, 15) is 4.79 Å². The molecule has 0 bridgehead atoms. The Morgan fingerprint density at radius 2 is 1.65 bits per heavy atom. The molecule has 164 valence electrons. The second kappa shape index (κ2) is 8.80. The number of rotatable bonds is 2. The number of urea groups is 1. The average Bonchev–Trinajstić information content (AvgIpc) is 2.84. The van der Waals surface area contributed by atoms with E-state index < -0.39 is 0 Å². The van der Waals surface area contributed by atoms with Crippen LogP contribution in [0.15, 0.2) is 30.3 Å². The number of fused-ring (bicyclic) bond motifs is 1. The van der Waals surface area contributed by atoms with Crippen molar-refractivity contribution in [3.8, 4) is 11.4 Å². The molecule has 1 aromatic heterocycles. The largest absolute Gasteiger partial charge is 0.378 e. The molecule has 4 heterocycles. The molecule has 0 atom stereocenters. The quantitative estimate of drug-likeness (QED) is 0.734. The summed E-state index contributed by atoms with van der Waals surface area (Å²) >= 11 is 0. The zero-order valence-electron chi connectivity index (χ0n) is 18.2. The van der Waals surface area contributed by atoms with E-state index in [1.165, 1.54) is 0 Å². The number of hydrogen-bond acceptors (Lipinski definition) is 6. The van der Waals surface area contributed by atoms with Gasteiger partial charge >= 0.3 is 6.03 Å². The summed E-state index contributed by atoms with van der Waals surface area (Å²) in [5.74, 6) is 1.78. The van der Waals surface area contributed by atoms with Crippen LogP contribution in [0.3, 0.4) is 0 Å². The summed E-state index contributed by atoms with van der Waals surface area (Å²) in [7, 11) is 2.16. The highest BCUT2D eigenvalue weighted by Crippen LogP contribution is 2.30. The van der Waals surface area contributed by atoms with Gasteiger partial charge < -0.3 is 24.3 Å². The van der Waals surface area contributed by atoms with Crippen molar-refractivity contribution in [3.63, 3.8) is 0 Å². The number of amides is 2. The normalized spacial score (nSPS) is 20.0. The lowest BCUT2D eigenvalue weighted by atomic mass is 10.0. The third kappa shape index (κ3) is 4.22. The van der Waals surface area contributed by atoms with E-state index in [1.54, 1.807) is 0 Å². The van der Waals surface area contributed by atoms with Gasteiger partial charge in [-0.15, -0.1) is 0 Å². The monoisotopic (exact) mass is 422 g/mol. The van der Waals surface area contributed by atoms with E-state index in [-0.39, 0.29) is 6.03 Å². The molecule has 2 fully saturated rings. The van der Waals surface area contributed by atoms with Crippen molar-refractivity contribution >= 4 is 11.8 Å². The summed E-state index contributed by atoms with van der Waals surface area (Å²) in [6.45, 7) is 7.72. The number of likely N-dealkylation sites (N-methyl/N-ethyl adjacent to an activating group) is 1. The van der Waals surface area contributed by atoms with Gasteiger partial charge in [0, 0.05) is 63.4 Å². The predicted molar refractivity (Wildman–Crippen MR) is 119 cm³/mol. The number of carbonyl (C=O) groups excluding carboxylic acids is 1. The summed E-state index contributed by atoms with van der Waals surface area (Å²) in [4.78, 5) is 31.7. The standard InChI is InChI=1S/C23H30N6O2/c1-26-9-11-27(12-10-26)22-19-17-29(23(30)28-13-15-31-16-14-28)8-7-20(19)24-21(25-22)18-5-3-2-4-6-18/h2-6H,7-17H2,1H3. The van der Waals surface area contributed by atoms with Gasteiger partial charge in [-0.2, -0.15) is 0 Å². The minimum atomic E-state index is 0.102. The lowest BCUT2D eigenvalue weighted by molar-refractivity contribution is 0.0421. The van der Waals surface area contributed by atoms with Crippen molar-refractivity contribution in [2.45, 2.75) is 13.0 Å². The van der Waals surface area contributed by atoms with Crippen LogP contribution in [-0.2, 0) is 17.7 Å². The Balaban J connectivity index is 1.47. The zero-order valence-corrected chi connectivity index (χ0v) is 18.2. The lowest BCUT2D eigenvalue weighted by Crippen LogP contribution is -2.50. The second-order valence-corrected chi connectivity index (χ2v) is 8.51. The van der Waals surface area contributed by atoms with Crippen LogP contribution in [0, 0.1) is 0 Å². The van der Waals surface area contributed by atoms with Crippen LogP contribution in [0.5, 0.6) is 0 Å². The number of morpholine rings is 1. The van der Waals surface area contributed by atoms with Crippen LogP contribution in [0.4, 0.5) is 10.6 Å². The number of nitrogens with zero attached hydrogens (tertiary/aromatic N) is 6. The minimum absolute atomic E-state index is 0.102. The van der Waals surface area contributed by atoms with E-state index >= 15 is 0 Å². The van der Waals surface area contributed by atoms with Crippen molar-refractivity contribution < 1.29 is 9.53 Å². The minimum Gasteiger partial charge on any atom is -0.378 e. The van der Waals surface area contributed by atoms with Gasteiger partial charge in [-0.1, -0.05) is 30.3 Å². The van der Waals surface area contributed by atoms with Gasteiger partial charge in [0.1, 0.15) is 5.82 Å². The van der Waals surface area contributed by atoms with E-state index in [2.05, 4.69) is 29.0 Å². The van der Waals surface area contributed by atoms with Crippen molar-refractivity contribution in [3.05, 3.63) is 41.6 Å². The average molecular weight is 423 g/mol. The van der Waals surface area contributed by atoms with Crippen LogP contribution in [-0.4, -0.2) is 96.8 Å². The number of hydrogen-bond donors (Lipinski definition) is 0. The predicted octanol–water partition coefficient (Wildman–Crippen LogP) is 1.71. The van der Waals surface area contributed by atoms with Crippen molar-refractivity contribution in [2.24, 2.45) is 0 Å². The Hall–Kier alpha value is -2.71. The van der Waals surface area contributed by atoms with Gasteiger partial charge in [0.05, 0.1) is 25.5 Å². The Kier molecular flexibility index (Phi) is 5.74. The van der Waals surface area contributed by atoms with Gasteiger partial charge in [-0.05, 0) is 7.05 Å². The maximum atomic E-state index is 13.1. The summed E-state index contributed by atoms with van der Waals surface area (Å²) in [5, 5.41) is 0. The highest BCUT2D eigenvalue weighted by atomic mass is 16.5. The number of aromatic nitrogens is 2. The lowest BCUT2D eigenvalue weighted by Gasteiger charge is -2.38. The van der Waals surface area contributed by atoms with Gasteiger partial charge in [0.2, 0.25) is 0 Å². The number of anilines is 1. The Morgan fingerprint density at radius 3 is 2.39 bits per heavy atom. The van der Waals surface area contributed by atoms with Gasteiger partial charge in [0.15, 0.2) is 5.82 Å². The molecule has 3 aliphatic rings. The number of ether oxygens (including phenoxy) is 1. The molecular formula is C23H30N6O2. The molecule has 3 aliphatic heterocycles. The van der Waals surface area contributed by atoms with E-state index in [1.807, 2.05) is 28.0 Å². The van der Waals surface area contributed by atoms with Gasteiger partial charge in [-0.25, -0.2) is 14.8 Å². The smallest absolute Gasteiger partial charge is 0.320 e.